The first-order valence-corrected chi connectivity index (χ1v) is 5.91. The molecule has 0 fully saturated rings. The Morgan fingerprint density at radius 2 is 2.16 bits per heavy atom. The van der Waals surface area contributed by atoms with Crippen LogP contribution in [0.1, 0.15) is 15.9 Å². The van der Waals surface area contributed by atoms with Gasteiger partial charge in [-0.3, -0.25) is 4.79 Å². The molecule has 1 amide bonds. The molecular weight excluding hydrogens is 254 g/mol. The third-order valence-corrected chi connectivity index (χ3v) is 2.70. The van der Waals surface area contributed by atoms with Crippen LogP contribution in [0.3, 0.4) is 0 Å². The van der Waals surface area contributed by atoms with E-state index >= 15 is 0 Å². The van der Waals surface area contributed by atoms with Crippen LogP contribution >= 0.6 is 0 Å². The second kappa shape index (κ2) is 7.04. The Morgan fingerprint density at radius 3 is 2.68 bits per heavy atom. The van der Waals surface area contributed by atoms with Crippen LogP contribution in [0, 0.1) is 6.92 Å². The van der Waals surface area contributed by atoms with Crippen LogP contribution in [0.15, 0.2) is 18.2 Å². The van der Waals surface area contributed by atoms with Crippen LogP contribution in [-0.4, -0.2) is 44.0 Å². The van der Waals surface area contributed by atoms with E-state index in [-0.39, 0.29) is 13.1 Å². The van der Waals surface area contributed by atoms with Crippen LogP contribution in [-0.2, 0) is 0 Å². The molecule has 0 aliphatic rings. The van der Waals surface area contributed by atoms with Crippen molar-refractivity contribution in [3.63, 3.8) is 0 Å². The van der Waals surface area contributed by atoms with Gasteiger partial charge in [0.15, 0.2) is 0 Å². The number of nitrogens with zero attached hydrogens (tertiary/aromatic N) is 1. The third kappa shape index (κ3) is 4.17. The molecular formula is C13H18F2N2O2. The minimum atomic E-state index is -2.58. The largest absolute Gasteiger partial charge is 0.496 e. The zero-order valence-electron chi connectivity index (χ0n) is 11.0. The van der Waals surface area contributed by atoms with Crippen LogP contribution < -0.4 is 10.5 Å². The summed E-state index contributed by atoms with van der Waals surface area (Å²) in [6.07, 6.45) is -2.58. The normalized spacial score (nSPS) is 10.6. The van der Waals surface area contributed by atoms with Crippen molar-refractivity contribution in [3.05, 3.63) is 29.3 Å². The summed E-state index contributed by atoms with van der Waals surface area (Å²) in [6.45, 7) is 1.46. The maximum Gasteiger partial charge on any atom is 0.255 e. The molecule has 1 aromatic carbocycles. The topological polar surface area (TPSA) is 55.6 Å². The number of aryl methyl sites for hydroxylation is 1. The van der Waals surface area contributed by atoms with E-state index in [1.807, 2.05) is 6.92 Å². The Morgan fingerprint density at radius 1 is 1.47 bits per heavy atom. The lowest BCUT2D eigenvalue weighted by atomic mass is 10.1. The molecule has 0 atom stereocenters. The van der Waals surface area contributed by atoms with Crippen molar-refractivity contribution < 1.29 is 18.3 Å². The lowest BCUT2D eigenvalue weighted by molar-refractivity contribution is 0.0562. The average Bonchev–Trinajstić information content (AvgIpc) is 2.37. The van der Waals surface area contributed by atoms with Gasteiger partial charge in [0.25, 0.3) is 12.3 Å². The Labute approximate surface area is 111 Å². The molecule has 1 aromatic rings. The lowest BCUT2D eigenvalue weighted by Crippen LogP contribution is -2.38. The number of hydrogen-bond donors (Lipinski definition) is 1. The molecule has 0 aliphatic heterocycles. The van der Waals surface area contributed by atoms with E-state index in [9.17, 15) is 13.6 Å². The highest BCUT2D eigenvalue weighted by atomic mass is 19.3. The van der Waals surface area contributed by atoms with E-state index in [1.165, 1.54) is 7.11 Å². The zero-order chi connectivity index (χ0) is 14.4. The molecule has 6 heteroatoms. The second-order valence-electron chi connectivity index (χ2n) is 4.12. The molecule has 2 N–H and O–H groups in total. The van der Waals surface area contributed by atoms with Gasteiger partial charge in [-0.05, 0) is 24.6 Å². The van der Waals surface area contributed by atoms with Crippen molar-refractivity contribution in [2.75, 3.05) is 26.7 Å². The number of hydrogen-bond acceptors (Lipinski definition) is 3. The van der Waals surface area contributed by atoms with Crippen molar-refractivity contribution >= 4 is 5.91 Å². The number of alkyl halides is 2. The summed E-state index contributed by atoms with van der Waals surface area (Å²) in [5.74, 6) is 0.0830. The molecule has 4 nitrogen and oxygen atoms in total. The fourth-order valence-corrected chi connectivity index (χ4v) is 1.73. The summed E-state index contributed by atoms with van der Waals surface area (Å²) in [5, 5.41) is 0. The van der Waals surface area contributed by atoms with Gasteiger partial charge in [0, 0.05) is 18.7 Å². The molecule has 0 spiro atoms. The number of methoxy groups -OCH3 is 1. The predicted octanol–water partition coefficient (Wildman–Crippen LogP) is 1.67. The maximum absolute atomic E-state index is 12.4. The first-order valence-electron chi connectivity index (χ1n) is 5.91. The summed E-state index contributed by atoms with van der Waals surface area (Å²) in [6, 6.07) is 4.86. The minimum Gasteiger partial charge on any atom is -0.496 e. The molecule has 0 bridgehead atoms. The molecule has 0 aromatic heterocycles. The van der Waals surface area contributed by atoms with Gasteiger partial charge in [0.1, 0.15) is 5.75 Å². The molecule has 1 rings (SSSR count). The predicted molar refractivity (Wildman–Crippen MR) is 68.7 cm³/mol. The van der Waals surface area contributed by atoms with Gasteiger partial charge in [-0.1, -0.05) is 6.07 Å². The second-order valence-corrected chi connectivity index (χ2v) is 4.12. The fraction of sp³-hybridized carbons (Fsp3) is 0.462. The highest BCUT2D eigenvalue weighted by Crippen LogP contribution is 2.20. The monoisotopic (exact) mass is 272 g/mol. The Hall–Kier alpha value is -1.69. The number of nitrogens with two attached hydrogens (primary N) is 1. The van der Waals surface area contributed by atoms with Gasteiger partial charge in [-0.2, -0.15) is 0 Å². The Balaban J connectivity index is 2.95. The number of amides is 1. The number of benzene rings is 1. The molecule has 0 radical (unpaired) electrons. The smallest absolute Gasteiger partial charge is 0.255 e. The number of carbonyl (C=O) groups excluding carboxylic acids is 1. The minimum absolute atomic E-state index is 0.0966. The van der Waals surface area contributed by atoms with Crippen molar-refractivity contribution in [1.29, 1.82) is 0 Å². The zero-order valence-corrected chi connectivity index (χ0v) is 11.0. The summed E-state index contributed by atoms with van der Waals surface area (Å²) in [4.78, 5) is 13.2. The van der Waals surface area contributed by atoms with Gasteiger partial charge in [-0.25, -0.2) is 8.78 Å². The van der Waals surface area contributed by atoms with E-state index in [0.717, 1.165) is 10.5 Å². The van der Waals surface area contributed by atoms with Crippen molar-refractivity contribution in [2.45, 2.75) is 13.3 Å². The highest BCUT2D eigenvalue weighted by molar-refractivity contribution is 5.94. The van der Waals surface area contributed by atoms with Gasteiger partial charge in [0.05, 0.1) is 13.7 Å². The standard InChI is InChI=1S/C13H18F2N2O2/c1-9-3-4-10(7-11(9)19-2)13(18)17(6-5-16)8-12(14)15/h3-4,7,12H,5-6,8,16H2,1-2H3. The first-order chi connectivity index (χ1) is 8.99. The SMILES string of the molecule is COc1cc(C(=O)N(CCN)CC(F)F)ccc1C. The van der Waals surface area contributed by atoms with Gasteiger partial charge in [-0.15, -0.1) is 0 Å². The van der Waals surface area contributed by atoms with Gasteiger partial charge < -0.3 is 15.4 Å². The molecule has 0 saturated heterocycles. The molecule has 106 valence electrons. The van der Waals surface area contributed by atoms with Crippen molar-refractivity contribution in [1.82, 2.24) is 4.90 Å². The van der Waals surface area contributed by atoms with Crippen LogP contribution in [0.25, 0.3) is 0 Å². The van der Waals surface area contributed by atoms with E-state index in [0.29, 0.717) is 11.3 Å². The average molecular weight is 272 g/mol. The van der Waals surface area contributed by atoms with Gasteiger partial charge in [0.2, 0.25) is 0 Å². The van der Waals surface area contributed by atoms with E-state index in [1.54, 1.807) is 18.2 Å². The van der Waals surface area contributed by atoms with E-state index in [2.05, 4.69) is 0 Å². The number of rotatable bonds is 6. The summed E-state index contributed by atoms with van der Waals surface area (Å²) in [5.41, 5.74) is 6.53. The molecule has 0 saturated carbocycles. The maximum atomic E-state index is 12.4. The Bertz CT molecular complexity index is 439. The van der Waals surface area contributed by atoms with Crippen molar-refractivity contribution in [2.24, 2.45) is 5.73 Å². The van der Waals surface area contributed by atoms with E-state index < -0.39 is 18.9 Å². The number of ether oxygens (including phenoxy) is 1. The first kappa shape index (κ1) is 15.4. The fourth-order valence-electron chi connectivity index (χ4n) is 1.73. The summed E-state index contributed by atoms with van der Waals surface area (Å²) in [7, 11) is 1.49. The summed E-state index contributed by atoms with van der Waals surface area (Å²) >= 11 is 0. The lowest BCUT2D eigenvalue weighted by Gasteiger charge is -2.22. The molecule has 0 heterocycles. The molecule has 0 aliphatic carbocycles. The quantitative estimate of drug-likeness (QED) is 0.857. The van der Waals surface area contributed by atoms with E-state index in [4.69, 9.17) is 10.5 Å². The Kier molecular flexibility index (Phi) is 5.69. The van der Waals surface area contributed by atoms with Gasteiger partial charge >= 0.3 is 0 Å². The van der Waals surface area contributed by atoms with Crippen molar-refractivity contribution in [3.8, 4) is 5.75 Å². The summed E-state index contributed by atoms with van der Waals surface area (Å²) < 4.78 is 30.0. The van der Waals surface area contributed by atoms with Crippen LogP contribution in [0.4, 0.5) is 8.78 Å². The molecule has 19 heavy (non-hydrogen) atoms. The van der Waals surface area contributed by atoms with Crippen LogP contribution in [0.2, 0.25) is 0 Å². The third-order valence-electron chi connectivity index (χ3n) is 2.70. The number of carbonyl (C=O) groups is 1. The molecule has 0 unspecified atom stereocenters. The van der Waals surface area contributed by atoms with Crippen LogP contribution in [0.5, 0.6) is 5.75 Å². The number of halogens is 2. The highest BCUT2D eigenvalue weighted by Gasteiger charge is 2.19.